The molecule has 1 heterocycles. The number of hydrogen-bond acceptors (Lipinski definition) is 3. The van der Waals surface area contributed by atoms with Gasteiger partial charge in [0.05, 0.1) is 0 Å². The minimum atomic E-state index is -5.08. The van der Waals surface area contributed by atoms with Crippen molar-refractivity contribution >= 4 is 11.8 Å². The average Bonchev–Trinajstić information content (AvgIpc) is 2.81. The molecule has 0 aromatic heterocycles. The Bertz CT molecular complexity index is 282. The van der Waals surface area contributed by atoms with Crippen LogP contribution in [0.1, 0.15) is 12.8 Å². The fraction of sp³-hybridized carbons (Fsp3) is 0.778. The number of Topliss-reactive ketones (excluding diaryl/α,β-unsaturated/α-hetero) is 1. The summed E-state index contributed by atoms with van der Waals surface area (Å²) < 4.78 is 31.7. The molecule has 1 saturated heterocycles. The number of hydrogen-bond donors (Lipinski definition) is 2. The highest BCUT2D eigenvalue weighted by atomic mass is 19.4. The second kappa shape index (κ2) is 4.82. The summed E-state index contributed by atoms with van der Waals surface area (Å²) in [6.07, 6.45) is -2.76. The number of aliphatic carboxylic acids is 1. The van der Waals surface area contributed by atoms with E-state index in [1.165, 1.54) is 0 Å². The SMILES string of the molecule is O=C(C1CC1)C1CNC1.O=C(O)C(F)(F)F. The molecule has 92 valence electrons. The summed E-state index contributed by atoms with van der Waals surface area (Å²) in [7, 11) is 0. The van der Waals surface area contributed by atoms with Gasteiger partial charge in [-0.25, -0.2) is 4.79 Å². The summed E-state index contributed by atoms with van der Waals surface area (Å²) in [5.41, 5.74) is 0. The van der Waals surface area contributed by atoms with Gasteiger partial charge in [0.25, 0.3) is 0 Å². The Labute approximate surface area is 89.8 Å². The lowest BCUT2D eigenvalue weighted by Gasteiger charge is -2.25. The molecule has 0 unspecified atom stereocenters. The normalized spacial score (nSPS) is 20.4. The molecule has 2 fully saturated rings. The molecule has 1 aliphatic carbocycles. The van der Waals surface area contributed by atoms with Crippen molar-refractivity contribution in [3.63, 3.8) is 0 Å². The Morgan fingerprint density at radius 3 is 1.75 bits per heavy atom. The van der Waals surface area contributed by atoms with Crippen molar-refractivity contribution in [3.8, 4) is 0 Å². The fourth-order valence-electron chi connectivity index (χ4n) is 1.19. The second-order valence-corrected chi connectivity index (χ2v) is 3.83. The maximum absolute atomic E-state index is 11.1. The number of halogens is 3. The van der Waals surface area contributed by atoms with E-state index in [1.807, 2.05) is 0 Å². The van der Waals surface area contributed by atoms with Crippen molar-refractivity contribution in [2.75, 3.05) is 13.1 Å². The van der Waals surface area contributed by atoms with Crippen molar-refractivity contribution in [1.29, 1.82) is 0 Å². The first-order valence-electron chi connectivity index (χ1n) is 4.87. The predicted octanol–water partition coefficient (Wildman–Crippen LogP) is 0.818. The number of nitrogens with one attached hydrogen (secondary N) is 1. The van der Waals surface area contributed by atoms with Crippen LogP contribution < -0.4 is 5.32 Å². The third kappa shape index (κ3) is 3.80. The largest absolute Gasteiger partial charge is 0.490 e. The molecule has 0 spiro atoms. The summed E-state index contributed by atoms with van der Waals surface area (Å²) >= 11 is 0. The van der Waals surface area contributed by atoms with Crippen molar-refractivity contribution < 1.29 is 27.9 Å². The molecular formula is C9H12F3NO3. The molecule has 7 heteroatoms. The van der Waals surface area contributed by atoms with Crippen LogP contribution in [0, 0.1) is 11.8 Å². The van der Waals surface area contributed by atoms with Crippen molar-refractivity contribution in [2.24, 2.45) is 11.8 Å². The van der Waals surface area contributed by atoms with E-state index >= 15 is 0 Å². The molecule has 2 aliphatic rings. The molecule has 0 radical (unpaired) electrons. The Balaban J connectivity index is 0.000000168. The zero-order valence-corrected chi connectivity index (χ0v) is 8.38. The molecule has 0 bridgehead atoms. The molecule has 16 heavy (non-hydrogen) atoms. The number of carboxylic acids is 1. The number of rotatable bonds is 2. The Kier molecular flexibility index (Phi) is 3.90. The van der Waals surface area contributed by atoms with Crippen molar-refractivity contribution in [3.05, 3.63) is 0 Å². The molecule has 1 saturated carbocycles. The fourth-order valence-corrected chi connectivity index (χ4v) is 1.19. The predicted molar refractivity (Wildman–Crippen MR) is 47.8 cm³/mol. The van der Waals surface area contributed by atoms with Gasteiger partial charge in [-0.2, -0.15) is 13.2 Å². The van der Waals surface area contributed by atoms with Gasteiger partial charge in [0, 0.05) is 24.9 Å². The Morgan fingerprint density at radius 1 is 1.12 bits per heavy atom. The monoisotopic (exact) mass is 239 g/mol. The summed E-state index contributed by atoms with van der Waals surface area (Å²) in [6, 6.07) is 0. The maximum atomic E-state index is 11.1. The van der Waals surface area contributed by atoms with Gasteiger partial charge in [-0.1, -0.05) is 0 Å². The van der Waals surface area contributed by atoms with E-state index in [0.29, 0.717) is 17.6 Å². The minimum absolute atomic E-state index is 0.387. The number of ketones is 1. The lowest BCUT2D eigenvalue weighted by molar-refractivity contribution is -0.192. The first kappa shape index (κ1) is 13.0. The van der Waals surface area contributed by atoms with E-state index < -0.39 is 12.1 Å². The molecule has 4 nitrogen and oxygen atoms in total. The quantitative estimate of drug-likeness (QED) is 0.748. The zero-order chi connectivity index (χ0) is 12.3. The summed E-state index contributed by atoms with van der Waals surface area (Å²) in [5.74, 6) is -1.38. The Morgan fingerprint density at radius 2 is 1.56 bits per heavy atom. The van der Waals surface area contributed by atoms with E-state index in [1.54, 1.807) is 0 Å². The lowest BCUT2D eigenvalue weighted by atomic mass is 9.95. The van der Waals surface area contributed by atoms with Gasteiger partial charge < -0.3 is 10.4 Å². The van der Waals surface area contributed by atoms with Crippen molar-refractivity contribution in [2.45, 2.75) is 19.0 Å². The highest BCUT2D eigenvalue weighted by Crippen LogP contribution is 2.33. The zero-order valence-electron chi connectivity index (χ0n) is 8.38. The molecule has 0 atom stereocenters. The van der Waals surface area contributed by atoms with Crippen LogP contribution in [0.3, 0.4) is 0 Å². The van der Waals surface area contributed by atoms with Crippen LogP contribution >= 0.6 is 0 Å². The minimum Gasteiger partial charge on any atom is -0.475 e. The molecule has 2 N–H and O–H groups in total. The topological polar surface area (TPSA) is 66.4 Å². The van der Waals surface area contributed by atoms with E-state index in [9.17, 15) is 18.0 Å². The smallest absolute Gasteiger partial charge is 0.475 e. The highest BCUT2D eigenvalue weighted by molar-refractivity contribution is 5.86. The maximum Gasteiger partial charge on any atom is 0.490 e. The van der Waals surface area contributed by atoms with Crippen LogP contribution in [-0.2, 0) is 9.59 Å². The first-order chi connectivity index (χ1) is 7.32. The van der Waals surface area contributed by atoms with Crippen LogP contribution in [0.15, 0.2) is 0 Å². The van der Waals surface area contributed by atoms with Crippen molar-refractivity contribution in [1.82, 2.24) is 5.32 Å². The molecule has 1 aliphatic heterocycles. The average molecular weight is 239 g/mol. The van der Waals surface area contributed by atoms with Crippen LogP contribution in [0.2, 0.25) is 0 Å². The van der Waals surface area contributed by atoms with Gasteiger partial charge in [-0.15, -0.1) is 0 Å². The van der Waals surface area contributed by atoms with Gasteiger partial charge in [-0.3, -0.25) is 4.79 Å². The molecule has 0 amide bonds. The molecular weight excluding hydrogens is 227 g/mol. The van der Waals surface area contributed by atoms with Gasteiger partial charge in [0.2, 0.25) is 0 Å². The van der Waals surface area contributed by atoms with Gasteiger partial charge in [0.1, 0.15) is 5.78 Å². The third-order valence-electron chi connectivity index (χ3n) is 2.41. The first-order valence-corrected chi connectivity index (χ1v) is 4.87. The van der Waals surface area contributed by atoms with Crippen LogP contribution in [0.4, 0.5) is 13.2 Å². The van der Waals surface area contributed by atoms with E-state index in [0.717, 1.165) is 25.9 Å². The van der Waals surface area contributed by atoms with Gasteiger partial charge in [0.15, 0.2) is 0 Å². The molecule has 2 rings (SSSR count). The number of carbonyl (C=O) groups is 2. The molecule has 0 aromatic rings. The number of carbonyl (C=O) groups excluding carboxylic acids is 1. The van der Waals surface area contributed by atoms with Crippen LogP contribution in [0.5, 0.6) is 0 Å². The van der Waals surface area contributed by atoms with Gasteiger partial charge >= 0.3 is 12.1 Å². The van der Waals surface area contributed by atoms with E-state index in [-0.39, 0.29) is 0 Å². The summed E-state index contributed by atoms with van der Waals surface area (Å²) in [6.45, 7) is 1.88. The van der Waals surface area contributed by atoms with Gasteiger partial charge in [-0.05, 0) is 12.8 Å². The van der Waals surface area contributed by atoms with Crippen LogP contribution in [0.25, 0.3) is 0 Å². The summed E-state index contributed by atoms with van der Waals surface area (Å²) in [5, 5.41) is 10.2. The second-order valence-electron chi connectivity index (χ2n) is 3.83. The standard InChI is InChI=1S/C7H11NO.C2HF3O2/c9-7(5-1-2-5)6-3-8-4-6;3-2(4,5)1(6)7/h5-6,8H,1-4H2;(H,6,7). The highest BCUT2D eigenvalue weighted by Gasteiger charge is 2.38. The Hall–Kier alpha value is -1.11. The number of carboxylic acid groups (broad SMARTS) is 1. The number of alkyl halides is 3. The third-order valence-corrected chi connectivity index (χ3v) is 2.41. The van der Waals surface area contributed by atoms with E-state index in [2.05, 4.69) is 5.32 Å². The summed E-state index contributed by atoms with van der Waals surface area (Å²) in [4.78, 5) is 20.0. The molecule has 0 aromatic carbocycles. The van der Waals surface area contributed by atoms with E-state index in [4.69, 9.17) is 9.90 Å². The van der Waals surface area contributed by atoms with Crippen LogP contribution in [-0.4, -0.2) is 36.1 Å². The lowest BCUT2D eigenvalue weighted by Crippen LogP contribution is -2.47.